The van der Waals surface area contributed by atoms with Crippen LogP contribution in [-0.2, 0) is 0 Å². The molecule has 2 aromatic heterocycles. The predicted octanol–water partition coefficient (Wildman–Crippen LogP) is 1.79. The molecule has 0 N–H and O–H groups in total. The summed E-state index contributed by atoms with van der Waals surface area (Å²) in [4.78, 5) is 0. The summed E-state index contributed by atoms with van der Waals surface area (Å²) in [5.41, 5.74) is 2.95. The van der Waals surface area contributed by atoms with Gasteiger partial charge in [0.1, 0.15) is 6.33 Å². The largest absolute Gasteiger partial charge is 0.200 e. The Balaban J connectivity index is 2.31. The summed E-state index contributed by atoms with van der Waals surface area (Å²) >= 11 is 0. The summed E-state index contributed by atoms with van der Waals surface area (Å²) in [7, 11) is 0. The number of benzene rings is 1. The summed E-state index contributed by atoms with van der Waals surface area (Å²) in [5, 5.41) is 12.0. The summed E-state index contributed by atoms with van der Waals surface area (Å²) in [6.45, 7) is 0. The van der Waals surface area contributed by atoms with E-state index >= 15 is 0 Å². The van der Waals surface area contributed by atoms with Crippen molar-refractivity contribution in [2.24, 2.45) is 0 Å². The van der Waals surface area contributed by atoms with E-state index in [1.807, 2.05) is 36.4 Å². The fourth-order valence-corrected chi connectivity index (χ4v) is 1.59. The van der Waals surface area contributed by atoms with Crippen molar-refractivity contribution in [1.82, 2.24) is 19.8 Å². The van der Waals surface area contributed by atoms with E-state index in [2.05, 4.69) is 15.3 Å². The van der Waals surface area contributed by atoms with E-state index in [9.17, 15) is 0 Å². The van der Waals surface area contributed by atoms with Gasteiger partial charge in [0.15, 0.2) is 5.65 Å². The van der Waals surface area contributed by atoms with E-state index in [4.69, 9.17) is 0 Å². The maximum Gasteiger partial charge on any atom is 0.185 e. The van der Waals surface area contributed by atoms with Crippen LogP contribution in [0, 0.1) is 0 Å². The van der Waals surface area contributed by atoms with Gasteiger partial charge in [-0.15, -0.1) is 10.2 Å². The van der Waals surface area contributed by atoms with Crippen molar-refractivity contribution in [2.75, 3.05) is 0 Å². The van der Waals surface area contributed by atoms with Gasteiger partial charge in [0, 0.05) is 11.8 Å². The molecule has 0 fully saturated rings. The Morgan fingerprint density at radius 1 is 1.00 bits per heavy atom. The molecule has 0 aliphatic rings. The number of aromatic nitrogens is 4. The van der Waals surface area contributed by atoms with E-state index in [0.29, 0.717) is 0 Å². The monoisotopic (exact) mass is 196 g/mol. The molecule has 0 bridgehead atoms. The SMILES string of the molecule is c1ccc(-c2ccnn3cnnc23)cc1. The lowest BCUT2D eigenvalue weighted by atomic mass is 10.1. The van der Waals surface area contributed by atoms with Gasteiger partial charge < -0.3 is 0 Å². The number of hydrogen-bond acceptors (Lipinski definition) is 3. The van der Waals surface area contributed by atoms with Gasteiger partial charge in [-0.3, -0.25) is 0 Å². The van der Waals surface area contributed by atoms with Gasteiger partial charge in [-0.2, -0.15) is 9.61 Å². The highest BCUT2D eigenvalue weighted by atomic mass is 15.3. The Hall–Kier alpha value is -2.23. The van der Waals surface area contributed by atoms with Crippen molar-refractivity contribution in [1.29, 1.82) is 0 Å². The standard InChI is InChI=1S/C11H8N4/c1-2-4-9(5-3-1)10-6-7-13-15-8-12-14-11(10)15/h1-8H. The molecule has 0 saturated carbocycles. The van der Waals surface area contributed by atoms with Crippen molar-refractivity contribution < 1.29 is 0 Å². The second-order valence-corrected chi connectivity index (χ2v) is 3.21. The van der Waals surface area contributed by atoms with Crippen LogP contribution >= 0.6 is 0 Å². The van der Waals surface area contributed by atoms with Crippen LogP contribution in [-0.4, -0.2) is 19.8 Å². The normalized spacial score (nSPS) is 10.7. The average Bonchev–Trinajstić information content (AvgIpc) is 2.78. The van der Waals surface area contributed by atoms with E-state index in [1.165, 1.54) is 0 Å². The number of nitrogens with zero attached hydrogens (tertiary/aromatic N) is 4. The molecule has 0 spiro atoms. The Morgan fingerprint density at radius 3 is 2.73 bits per heavy atom. The van der Waals surface area contributed by atoms with Crippen LogP contribution in [0.2, 0.25) is 0 Å². The molecule has 3 aromatic rings. The minimum Gasteiger partial charge on any atom is -0.200 e. The molecule has 0 amide bonds. The van der Waals surface area contributed by atoms with Crippen LogP contribution in [0.5, 0.6) is 0 Å². The quantitative estimate of drug-likeness (QED) is 0.596. The Morgan fingerprint density at radius 2 is 1.87 bits per heavy atom. The first kappa shape index (κ1) is 8.11. The molecule has 0 unspecified atom stereocenters. The lowest BCUT2D eigenvalue weighted by Gasteiger charge is -2.01. The highest BCUT2D eigenvalue weighted by Gasteiger charge is 2.05. The highest BCUT2D eigenvalue weighted by molar-refractivity contribution is 5.76. The number of fused-ring (bicyclic) bond motifs is 1. The Bertz CT molecular complexity index is 586. The van der Waals surface area contributed by atoms with Gasteiger partial charge in [-0.25, -0.2) is 0 Å². The van der Waals surface area contributed by atoms with Crippen LogP contribution in [0.25, 0.3) is 16.8 Å². The average molecular weight is 196 g/mol. The first-order valence-electron chi connectivity index (χ1n) is 4.65. The van der Waals surface area contributed by atoms with E-state index in [-0.39, 0.29) is 0 Å². The van der Waals surface area contributed by atoms with Crippen LogP contribution in [0.4, 0.5) is 0 Å². The molecular weight excluding hydrogens is 188 g/mol. The zero-order valence-corrected chi connectivity index (χ0v) is 7.91. The predicted molar refractivity (Wildman–Crippen MR) is 56.2 cm³/mol. The molecule has 0 aliphatic heterocycles. The minimum atomic E-state index is 0.781. The molecule has 4 nitrogen and oxygen atoms in total. The Labute approximate surface area is 86.2 Å². The molecule has 0 radical (unpaired) electrons. The van der Waals surface area contributed by atoms with Gasteiger partial charge in [0.2, 0.25) is 0 Å². The smallest absolute Gasteiger partial charge is 0.185 e. The van der Waals surface area contributed by atoms with Crippen LogP contribution in [0.1, 0.15) is 0 Å². The Kier molecular flexibility index (Phi) is 1.71. The van der Waals surface area contributed by atoms with Gasteiger partial charge in [0.05, 0.1) is 0 Å². The van der Waals surface area contributed by atoms with Gasteiger partial charge in [0.25, 0.3) is 0 Å². The molecular formula is C11H8N4. The topological polar surface area (TPSA) is 43.1 Å². The zero-order valence-electron chi connectivity index (χ0n) is 7.91. The van der Waals surface area contributed by atoms with Crippen molar-refractivity contribution in [2.45, 2.75) is 0 Å². The summed E-state index contributed by atoms with van der Waals surface area (Å²) < 4.78 is 1.67. The van der Waals surface area contributed by atoms with E-state index in [1.54, 1.807) is 17.0 Å². The molecule has 0 atom stereocenters. The molecule has 4 heteroatoms. The summed E-state index contributed by atoms with van der Waals surface area (Å²) in [5.74, 6) is 0. The molecule has 2 heterocycles. The van der Waals surface area contributed by atoms with Crippen molar-refractivity contribution in [3.05, 3.63) is 48.9 Å². The maximum absolute atomic E-state index is 4.12. The second-order valence-electron chi connectivity index (χ2n) is 3.21. The van der Waals surface area contributed by atoms with Crippen LogP contribution in [0.3, 0.4) is 0 Å². The van der Waals surface area contributed by atoms with Crippen molar-refractivity contribution >= 4 is 5.65 Å². The lowest BCUT2D eigenvalue weighted by Crippen LogP contribution is -1.91. The van der Waals surface area contributed by atoms with Crippen molar-refractivity contribution in [3.8, 4) is 11.1 Å². The molecule has 0 saturated heterocycles. The number of hydrogen-bond donors (Lipinski definition) is 0. The van der Waals surface area contributed by atoms with Crippen LogP contribution in [0.15, 0.2) is 48.9 Å². The third kappa shape index (κ3) is 1.27. The second kappa shape index (κ2) is 3.16. The zero-order chi connectivity index (χ0) is 10.1. The molecule has 3 rings (SSSR count). The van der Waals surface area contributed by atoms with Crippen molar-refractivity contribution in [3.63, 3.8) is 0 Å². The molecule has 0 aliphatic carbocycles. The minimum absolute atomic E-state index is 0.781. The van der Waals surface area contributed by atoms with Gasteiger partial charge >= 0.3 is 0 Å². The fourth-order valence-electron chi connectivity index (χ4n) is 1.59. The molecule has 15 heavy (non-hydrogen) atoms. The third-order valence-electron chi connectivity index (χ3n) is 2.29. The summed E-state index contributed by atoms with van der Waals surface area (Å²) in [6, 6.07) is 12.0. The maximum atomic E-state index is 4.12. The van der Waals surface area contributed by atoms with E-state index in [0.717, 1.165) is 16.8 Å². The van der Waals surface area contributed by atoms with Gasteiger partial charge in [-0.05, 0) is 11.6 Å². The lowest BCUT2D eigenvalue weighted by molar-refractivity contribution is 0.927. The van der Waals surface area contributed by atoms with E-state index < -0.39 is 0 Å². The fraction of sp³-hybridized carbons (Fsp3) is 0. The number of rotatable bonds is 1. The molecule has 72 valence electrons. The van der Waals surface area contributed by atoms with Gasteiger partial charge in [-0.1, -0.05) is 30.3 Å². The first-order chi connectivity index (χ1) is 7.45. The first-order valence-corrected chi connectivity index (χ1v) is 4.65. The third-order valence-corrected chi connectivity index (χ3v) is 2.29. The van der Waals surface area contributed by atoms with Crippen LogP contribution < -0.4 is 0 Å². The molecule has 1 aromatic carbocycles. The highest BCUT2D eigenvalue weighted by Crippen LogP contribution is 2.21. The summed E-state index contributed by atoms with van der Waals surface area (Å²) in [6.07, 6.45) is 3.35.